The molecule has 22 heavy (non-hydrogen) atoms. The molecular formula is C13H17O8P. The summed E-state index contributed by atoms with van der Waals surface area (Å²) >= 11 is 0. The molecule has 1 rings (SSSR count). The van der Waals surface area contributed by atoms with Gasteiger partial charge in [0.1, 0.15) is 24.7 Å². The molecule has 0 bridgehead atoms. The van der Waals surface area contributed by atoms with Gasteiger partial charge in [-0.25, -0.2) is 13.9 Å². The van der Waals surface area contributed by atoms with Crippen LogP contribution in [0.3, 0.4) is 0 Å². The van der Waals surface area contributed by atoms with Crippen LogP contribution in [0.5, 0.6) is 11.5 Å². The van der Waals surface area contributed by atoms with Gasteiger partial charge in [0, 0.05) is 5.57 Å². The minimum atomic E-state index is -4.54. The van der Waals surface area contributed by atoms with Crippen molar-refractivity contribution in [1.82, 2.24) is 0 Å². The Bertz CT molecular complexity index is 548. The van der Waals surface area contributed by atoms with Crippen LogP contribution in [0.2, 0.25) is 0 Å². The quantitative estimate of drug-likeness (QED) is 0.231. The molecule has 0 radical (unpaired) electrons. The van der Waals surface area contributed by atoms with Crippen LogP contribution in [0.4, 0.5) is 0 Å². The van der Waals surface area contributed by atoms with Gasteiger partial charge < -0.3 is 24.0 Å². The van der Waals surface area contributed by atoms with Crippen LogP contribution in [0.25, 0.3) is 0 Å². The van der Waals surface area contributed by atoms with E-state index in [0.29, 0.717) is 17.1 Å². The summed E-state index contributed by atoms with van der Waals surface area (Å²) in [6, 6.07) is 6.26. The first-order valence-corrected chi connectivity index (χ1v) is 7.69. The van der Waals surface area contributed by atoms with Gasteiger partial charge >= 0.3 is 13.8 Å². The summed E-state index contributed by atoms with van der Waals surface area (Å²) in [5, 5.41) is 0. The van der Waals surface area contributed by atoms with Crippen LogP contribution in [-0.4, -0.2) is 35.8 Å². The lowest BCUT2D eigenvalue weighted by Gasteiger charge is -2.09. The highest BCUT2D eigenvalue weighted by molar-refractivity contribution is 7.46. The van der Waals surface area contributed by atoms with E-state index >= 15 is 0 Å². The van der Waals surface area contributed by atoms with Crippen LogP contribution in [0, 0.1) is 0 Å². The van der Waals surface area contributed by atoms with E-state index in [4.69, 9.17) is 24.0 Å². The number of esters is 1. The van der Waals surface area contributed by atoms with E-state index in [0.717, 1.165) is 0 Å². The Morgan fingerprint density at radius 3 is 2.18 bits per heavy atom. The Labute approximate surface area is 127 Å². The second kappa shape index (κ2) is 8.55. The molecule has 0 saturated heterocycles. The molecule has 0 aliphatic carbocycles. The summed E-state index contributed by atoms with van der Waals surface area (Å²) in [6.07, 6.45) is 0. The maximum Gasteiger partial charge on any atom is 0.472 e. The molecule has 0 aliphatic rings. The number of carbonyl (C=O) groups excluding carboxylic acids is 1. The van der Waals surface area contributed by atoms with Gasteiger partial charge in [0.2, 0.25) is 0 Å². The summed E-state index contributed by atoms with van der Waals surface area (Å²) in [5.74, 6) is 0.404. The lowest BCUT2D eigenvalue weighted by Crippen LogP contribution is -2.12. The van der Waals surface area contributed by atoms with E-state index in [1.807, 2.05) is 0 Å². The van der Waals surface area contributed by atoms with Crippen molar-refractivity contribution in [2.24, 2.45) is 0 Å². The van der Waals surface area contributed by atoms with Crippen LogP contribution >= 0.6 is 7.82 Å². The molecule has 0 aromatic heterocycles. The molecule has 8 nitrogen and oxygen atoms in total. The number of carbonyl (C=O) groups is 1. The maximum atomic E-state index is 11.1. The molecule has 0 heterocycles. The van der Waals surface area contributed by atoms with Crippen molar-refractivity contribution in [3.8, 4) is 11.5 Å². The molecule has 0 saturated carbocycles. The van der Waals surface area contributed by atoms with Crippen LogP contribution < -0.4 is 9.47 Å². The highest BCUT2D eigenvalue weighted by atomic mass is 31.2. The minimum Gasteiger partial charge on any atom is -0.490 e. The third-order valence-electron chi connectivity index (χ3n) is 2.20. The fraction of sp³-hybridized carbons (Fsp3) is 0.308. The first-order chi connectivity index (χ1) is 10.3. The van der Waals surface area contributed by atoms with Crippen molar-refractivity contribution < 1.29 is 37.9 Å². The number of phosphoric acid groups is 1. The minimum absolute atomic E-state index is 0.0973. The average molecular weight is 332 g/mol. The van der Waals surface area contributed by atoms with E-state index in [9.17, 15) is 9.36 Å². The lowest BCUT2D eigenvalue weighted by molar-refractivity contribution is -0.139. The molecule has 2 N–H and O–H groups in total. The Balaban J connectivity index is 2.28. The fourth-order valence-electron chi connectivity index (χ4n) is 1.21. The number of hydrogen-bond donors (Lipinski definition) is 2. The van der Waals surface area contributed by atoms with Crippen molar-refractivity contribution in [1.29, 1.82) is 0 Å². The molecule has 1 aromatic carbocycles. The molecule has 0 aliphatic heterocycles. The Morgan fingerprint density at radius 2 is 1.68 bits per heavy atom. The SMILES string of the molecule is C=C(C)C(=O)OCCOc1ccc(OCOP(=O)(O)O)cc1. The number of hydrogen-bond acceptors (Lipinski definition) is 6. The van der Waals surface area contributed by atoms with E-state index < -0.39 is 20.6 Å². The van der Waals surface area contributed by atoms with Gasteiger partial charge in [-0.05, 0) is 31.2 Å². The van der Waals surface area contributed by atoms with Crippen molar-refractivity contribution in [2.75, 3.05) is 20.0 Å². The second-order valence-electron chi connectivity index (χ2n) is 4.12. The van der Waals surface area contributed by atoms with Gasteiger partial charge in [0.15, 0.2) is 6.79 Å². The zero-order chi connectivity index (χ0) is 16.6. The van der Waals surface area contributed by atoms with Gasteiger partial charge in [0.05, 0.1) is 0 Å². The van der Waals surface area contributed by atoms with E-state index in [2.05, 4.69) is 11.1 Å². The Hall–Kier alpha value is -1.86. The van der Waals surface area contributed by atoms with Crippen LogP contribution in [-0.2, 0) is 18.6 Å². The standard InChI is InChI=1S/C13H17O8P/c1-10(2)13(14)19-8-7-18-11-3-5-12(6-4-11)20-9-21-22(15,16)17/h3-6H,1,7-9H2,2H3,(H2,15,16,17). The third-order valence-corrected chi connectivity index (χ3v) is 2.65. The Morgan fingerprint density at radius 1 is 1.14 bits per heavy atom. The normalized spacial score (nSPS) is 10.9. The average Bonchev–Trinajstić information content (AvgIpc) is 2.43. The predicted molar refractivity (Wildman–Crippen MR) is 76.3 cm³/mol. The second-order valence-corrected chi connectivity index (χ2v) is 5.36. The van der Waals surface area contributed by atoms with Crippen LogP contribution in [0.15, 0.2) is 36.4 Å². The molecule has 0 amide bonds. The highest BCUT2D eigenvalue weighted by Crippen LogP contribution is 2.35. The maximum absolute atomic E-state index is 11.1. The first-order valence-electron chi connectivity index (χ1n) is 6.16. The number of benzene rings is 1. The van der Waals surface area contributed by atoms with E-state index in [1.165, 1.54) is 12.1 Å². The molecule has 122 valence electrons. The largest absolute Gasteiger partial charge is 0.490 e. The van der Waals surface area contributed by atoms with Crippen molar-refractivity contribution in [3.63, 3.8) is 0 Å². The number of phosphoric ester groups is 1. The summed E-state index contributed by atoms with van der Waals surface area (Å²) in [7, 11) is -4.54. The molecule has 0 fully saturated rings. The molecule has 0 atom stereocenters. The smallest absolute Gasteiger partial charge is 0.472 e. The Kier molecular flexibility index (Phi) is 7.07. The van der Waals surface area contributed by atoms with Crippen molar-refractivity contribution in [2.45, 2.75) is 6.92 Å². The van der Waals surface area contributed by atoms with Gasteiger partial charge in [-0.2, -0.15) is 0 Å². The van der Waals surface area contributed by atoms with Gasteiger partial charge in [-0.3, -0.25) is 0 Å². The molecule has 1 aromatic rings. The van der Waals surface area contributed by atoms with Crippen molar-refractivity contribution in [3.05, 3.63) is 36.4 Å². The third kappa shape index (κ3) is 7.80. The highest BCUT2D eigenvalue weighted by Gasteiger charge is 2.13. The summed E-state index contributed by atoms with van der Waals surface area (Å²) < 4.78 is 29.7. The van der Waals surface area contributed by atoms with E-state index in [1.54, 1.807) is 19.1 Å². The van der Waals surface area contributed by atoms with Gasteiger partial charge in [-0.15, -0.1) is 0 Å². The monoisotopic (exact) mass is 332 g/mol. The van der Waals surface area contributed by atoms with Crippen LogP contribution in [0.1, 0.15) is 6.92 Å². The topological polar surface area (TPSA) is 112 Å². The van der Waals surface area contributed by atoms with E-state index in [-0.39, 0.29) is 13.2 Å². The molecule has 9 heteroatoms. The number of ether oxygens (including phenoxy) is 3. The summed E-state index contributed by atoms with van der Waals surface area (Å²) in [6.45, 7) is 4.72. The first kappa shape index (κ1) is 18.2. The van der Waals surface area contributed by atoms with Gasteiger partial charge in [-0.1, -0.05) is 6.58 Å². The molecule has 0 spiro atoms. The summed E-state index contributed by atoms with van der Waals surface area (Å²) in [5.41, 5.74) is 0.319. The fourth-order valence-corrected chi connectivity index (χ4v) is 1.40. The summed E-state index contributed by atoms with van der Waals surface area (Å²) in [4.78, 5) is 28.1. The molecular weight excluding hydrogens is 315 g/mol. The molecule has 0 unspecified atom stereocenters. The predicted octanol–water partition coefficient (Wildman–Crippen LogP) is 1.63. The lowest BCUT2D eigenvalue weighted by atomic mass is 10.3. The van der Waals surface area contributed by atoms with Gasteiger partial charge in [0.25, 0.3) is 0 Å². The zero-order valence-electron chi connectivity index (χ0n) is 11.9. The van der Waals surface area contributed by atoms with Crippen molar-refractivity contribution >= 4 is 13.8 Å². The zero-order valence-corrected chi connectivity index (χ0v) is 12.8. The number of rotatable bonds is 9.